The third kappa shape index (κ3) is 4.08. The summed E-state index contributed by atoms with van der Waals surface area (Å²) >= 11 is 0. The number of amides is 3. The van der Waals surface area contributed by atoms with Gasteiger partial charge in [-0.15, -0.1) is 0 Å². The summed E-state index contributed by atoms with van der Waals surface area (Å²) in [6.07, 6.45) is -1.07. The second kappa shape index (κ2) is 6.70. The molecule has 0 heterocycles. The van der Waals surface area contributed by atoms with E-state index < -0.39 is 24.0 Å². The van der Waals surface area contributed by atoms with Gasteiger partial charge in [-0.2, -0.15) is 0 Å². The number of ether oxygens (including phenoxy) is 1. The van der Waals surface area contributed by atoms with Gasteiger partial charge in [0, 0.05) is 0 Å². The number of hydrogen-bond acceptors (Lipinski definition) is 4. The zero-order valence-electron chi connectivity index (χ0n) is 11.7. The molecule has 1 unspecified atom stereocenters. The number of benzene rings is 1. The molecule has 1 atom stereocenters. The quantitative estimate of drug-likeness (QED) is 0.812. The molecule has 0 fully saturated rings. The minimum Gasteiger partial charge on any atom is -0.448 e. The number of nitrogens with two attached hydrogens (primary N) is 1. The highest BCUT2D eigenvalue weighted by Gasteiger charge is 2.28. The first kappa shape index (κ1) is 15.7. The lowest BCUT2D eigenvalue weighted by Crippen LogP contribution is -2.45. The van der Waals surface area contributed by atoms with E-state index >= 15 is 0 Å². The Hall–Kier alpha value is -2.37. The van der Waals surface area contributed by atoms with E-state index in [4.69, 9.17) is 10.5 Å². The van der Waals surface area contributed by atoms with Crippen molar-refractivity contribution in [2.24, 2.45) is 11.7 Å². The largest absolute Gasteiger partial charge is 0.448 e. The van der Waals surface area contributed by atoms with Crippen molar-refractivity contribution in [2.75, 3.05) is 0 Å². The normalized spacial score (nSPS) is 11.8. The fraction of sp³-hybridized carbons (Fsp3) is 0.357. The summed E-state index contributed by atoms with van der Waals surface area (Å²) < 4.78 is 5.18. The number of primary amides is 1. The number of hydrogen-bond donors (Lipinski definition) is 2. The van der Waals surface area contributed by atoms with Crippen molar-refractivity contribution in [1.82, 2.24) is 5.32 Å². The Balaban J connectivity index is 2.86. The Morgan fingerprint density at radius 2 is 1.80 bits per heavy atom. The molecule has 6 heteroatoms. The Morgan fingerprint density at radius 3 is 2.30 bits per heavy atom. The molecule has 0 bridgehead atoms. The van der Waals surface area contributed by atoms with Crippen LogP contribution >= 0.6 is 0 Å². The number of imide groups is 1. The van der Waals surface area contributed by atoms with E-state index in [1.54, 1.807) is 45.0 Å². The van der Waals surface area contributed by atoms with Crippen LogP contribution in [-0.2, 0) is 9.53 Å². The second-order valence-corrected chi connectivity index (χ2v) is 4.74. The molecule has 3 amide bonds. The van der Waals surface area contributed by atoms with Crippen molar-refractivity contribution in [3.05, 3.63) is 35.4 Å². The SMILES string of the molecule is Cc1ccccc1C(=O)OC(C(=O)NC(N)=O)C(C)C. The van der Waals surface area contributed by atoms with E-state index in [2.05, 4.69) is 0 Å². The average Bonchev–Trinajstić information content (AvgIpc) is 2.34. The minimum absolute atomic E-state index is 0.290. The van der Waals surface area contributed by atoms with Gasteiger partial charge in [0.1, 0.15) is 0 Å². The van der Waals surface area contributed by atoms with Gasteiger partial charge >= 0.3 is 12.0 Å². The molecule has 1 rings (SSSR count). The molecule has 0 radical (unpaired) electrons. The monoisotopic (exact) mass is 278 g/mol. The number of aryl methyl sites for hydroxylation is 1. The Labute approximate surface area is 117 Å². The van der Waals surface area contributed by atoms with Crippen LogP contribution in [0.25, 0.3) is 0 Å². The van der Waals surface area contributed by atoms with E-state index in [0.29, 0.717) is 5.56 Å². The lowest BCUT2D eigenvalue weighted by molar-refractivity contribution is -0.130. The molecule has 0 spiro atoms. The predicted octanol–water partition coefficient (Wildman–Crippen LogP) is 1.37. The van der Waals surface area contributed by atoms with Crippen molar-refractivity contribution in [1.29, 1.82) is 0 Å². The van der Waals surface area contributed by atoms with Gasteiger partial charge in [-0.25, -0.2) is 9.59 Å². The van der Waals surface area contributed by atoms with Gasteiger partial charge in [-0.05, 0) is 24.5 Å². The first-order chi connectivity index (χ1) is 9.32. The molecule has 3 N–H and O–H groups in total. The third-order valence-corrected chi connectivity index (χ3v) is 2.71. The predicted molar refractivity (Wildman–Crippen MR) is 72.9 cm³/mol. The molecule has 6 nitrogen and oxygen atoms in total. The molecule has 0 aliphatic rings. The zero-order chi connectivity index (χ0) is 15.3. The topological polar surface area (TPSA) is 98.5 Å². The second-order valence-electron chi connectivity index (χ2n) is 4.74. The average molecular weight is 278 g/mol. The van der Waals surface area contributed by atoms with Gasteiger partial charge in [0.05, 0.1) is 5.56 Å². The molecule has 0 aliphatic carbocycles. The molecule has 1 aromatic rings. The molecular weight excluding hydrogens is 260 g/mol. The minimum atomic E-state index is -1.07. The smallest absolute Gasteiger partial charge is 0.339 e. The fourth-order valence-corrected chi connectivity index (χ4v) is 1.67. The Bertz CT molecular complexity index is 526. The maximum atomic E-state index is 12.1. The highest BCUT2D eigenvalue weighted by atomic mass is 16.5. The van der Waals surface area contributed by atoms with Gasteiger partial charge in [0.15, 0.2) is 6.10 Å². The summed E-state index contributed by atoms with van der Waals surface area (Å²) in [7, 11) is 0. The Kier molecular flexibility index (Phi) is 5.25. The van der Waals surface area contributed by atoms with E-state index in [1.807, 2.05) is 5.32 Å². The maximum absolute atomic E-state index is 12.1. The molecular formula is C14H18N2O4. The van der Waals surface area contributed by atoms with Gasteiger partial charge in [-0.3, -0.25) is 10.1 Å². The van der Waals surface area contributed by atoms with Crippen LogP contribution in [-0.4, -0.2) is 24.0 Å². The third-order valence-electron chi connectivity index (χ3n) is 2.71. The number of esters is 1. The lowest BCUT2D eigenvalue weighted by atomic mass is 10.1. The zero-order valence-corrected chi connectivity index (χ0v) is 11.7. The highest BCUT2D eigenvalue weighted by Crippen LogP contribution is 2.13. The highest BCUT2D eigenvalue weighted by molar-refractivity contribution is 5.98. The van der Waals surface area contributed by atoms with Crippen molar-refractivity contribution < 1.29 is 19.1 Å². The summed E-state index contributed by atoms with van der Waals surface area (Å²) in [5, 5.41) is 1.92. The standard InChI is InChI=1S/C14H18N2O4/c1-8(2)11(12(17)16-14(15)19)20-13(18)10-7-5-4-6-9(10)3/h4-8,11H,1-3H3,(H3,15,16,17,19). The van der Waals surface area contributed by atoms with Crippen molar-refractivity contribution in [2.45, 2.75) is 26.9 Å². The van der Waals surface area contributed by atoms with E-state index in [-0.39, 0.29) is 5.92 Å². The molecule has 0 saturated carbocycles. The van der Waals surface area contributed by atoms with E-state index in [9.17, 15) is 14.4 Å². The summed E-state index contributed by atoms with van der Waals surface area (Å²) in [5.74, 6) is -1.63. The van der Waals surface area contributed by atoms with Crippen molar-refractivity contribution >= 4 is 17.9 Å². The van der Waals surface area contributed by atoms with Crippen molar-refractivity contribution in [3.8, 4) is 0 Å². The fourth-order valence-electron chi connectivity index (χ4n) is 1.67. The molecule has 20 heavy (non-hydrogen) atoms. The van der Waals surface area contributed by atoms with Gasteiger partial charge in [-0.1, -0.05) is 32.0 Å². The van der Waals surface area contributed by atoms with Crippen LogP contribution in [0.2, 0.25) is 0 Å². The van der Waals surface area contributed by atoms with Crippen LogP contribution < -0.4 is 11.1 Å². The molecule has 0 saturated heterocycles. The molecule has 1 aromatic carbocycles. The van der Waals surface area contributed by atoms with Crippen molar-refractivity contribution in [3.63, 3.8) is 0 Å². The first-order valence-corrected chi connectivity index (χ1v) is 6.19. The van der Waals surface area contributed by atoms with Crippen LogP contribution in [0.3, 0.4) is 0 Å². The summed E-state index contributed by atoms with van der Waals surface area (Å²) in [4.78, 5) is 34.5. The van der Waals surface area contributed by atoms with Gasteiger partial charge < -0.3 is 10.5 Å². The number of carbonyl (C=O) groups excluding carboxylic acids is 3. The number of urea groups is 1. The number of nitrogens with one attached hydrogen (secondary N) is 1. The van der Waals surface area contributed by atoms with Crippen LogP contribution in [0.5, 0.6) is 0 Å². The van der Waals surface area contributed by atoms with Crippen LogP contribution in [0.15, 0.2) is 24.3 Å². The number of carbonyl (C=O) groups is 3. The van der Waals surface area contributed by atoms with Gasteiger partial charge in [0.25, 0.3) is 5.91 Å². The number of rotatable bonds is 4. The Morgan fingerprint density at radius 1 is 1.20 bits per heavy atom. The molecule has 0 aliphatic heterocycles. The van der Waals surface area contributed by atoms with E-state index in [0.717, 1.165) is 5.56 Å². The first-order valence-electron chi connectivity index (χ1n) is 6.19. The summed E-state index contributed by atoms with van der Waals surface area (Å²) in [6, 6.07) is 5.90. The van der Waals surface area contributed by atoms with E-state index in [1.165, 1.54) is 0 Å². The summed E-state index contributed by atoms with van der Waals surface area (Å²) in [6.45, 7) is 5.18. The maximum Gasteiger partial charge on any atom is 0.339 e. The van der Waals surface area contributed by atoms with Crippen LogP contribution in [0.1, 0.15) is 29.8 Å². The molecule has 108 valence electrons. The van der Waals surface area contributed by atoms with Gasteiger partial charge in [0.2, 0.25) is 0 Å². The summed E-state index contributed by atoms with van der Waals surface area (Å²) in [5.41, 5.74) is 6.01. The molecule has 0 aromatic heterocycles. The lowest BCUT2D eigenvalue weighted by Gasteiger charge is -2.20. The van der Waals surface area contributed by atoms with Crippen LogP contribution in [0.4, 0.5) is 4.79 Å². The van der Waals surface area contributed by atoms with Crippen LogP contribution in [0, 0.1) is 12.8 Å².